The fourth-order valence-electron chi connectivity index (χ4n) is 2.75. The van der Waals surface area contributed by atoms with Crippen LogP contribution in [0.25, 0.3) is 0 Å². The molecule has 0 aliphatic heterocycles. The third-order valence-electron chi connectivity index (χ3n) is 4.26. The summed E-state index contributed by atoms with van der Waals surface area (Å²) in [7, 11) is 1.54. The summed E-state index contributed by atoms with van der Waals surface area (Å²) in [5.41, 5.74) is 3.31. The fraction of sp³-hybridized carbons (Fsp3) is 0.0870. The van der Waals surface area contributed by atoms with Gasteiger partial charge in [-0.3, -0.25) is 9.59 Å². The van der Waals surface area contributed by atoms with Gasteiger partial charge in [0, 0.05) is 16.8 Å². The first-order chi connectivity index (χ1) is 14.0. The number of nitrogens with zero attached hydrogens (tertiary/aromatic N) is 1. The van der Waals surface area contributed by atoms with Crippen LogP contribution in [0, 0.1) is 18.3 Å². The molecule has 0 radical (unpaired) electrons. The van der Waals surface area contributed by atoms with Crippen LogP contribution in [0.3, 0.4) is 0 Å². The molecule has 2 N–H and O–H groups in total. The van der Waals surface area contributed by atoms with Gasteiger partial charge in [0.05, 0.1) is 24.4 Å². The summed E-state index contributed by atoms with van der Waals surface area (Å²) in [6, 6.07) is 20.5. The van der Waals surface area contributed by atoms with Crippen LogP contribution in [-0.4, -0.2) is 18.9 Å². The number of aryl methyl sites for hydroxylation is 1. The highest BCUT2D eigenvalue weighted by Gasteiger charge is 2.13. The van der Waals surface area contributed by atoms with E-state index in [1.807, 2.05) is 25.1 Å². The zero-order chi connectivity index (χ0) is 20.8. The van der Waals surface area contributed by atoms with Crippen LogP contribution in [0.15, 0.2) is 66.7 Å². The lowest BCUT2D eigenvalue weighted by Gasteiger charge is -2.12. The molecule has 3 aromatic rings. The van der Waals surface area contributed by atoms with Gasteiger partial charge in [-0.05, 0) is 67.1 Å². The quantitative estimate of drug-likeness (QED) is 0.682. The summed E-state index contributed by atoms with van der Waals surface area (Å²) in [4.78, 5) is 25.2. The molecule has 29 heavy (non-hydrogen) atoms. The molecular weight excluding hydrogens is 366 g/mol. The summed E-state index contributed by atoms with van der Waals surface area (Å²) in [6.07, 6.45) is 0. The van der Waals surface area contributed by atoms with Crippen LogP contribution in [0.2, 0.25) is 0 Å². The van der Waals surface area contributed by atoms with Gasteiger partial charge in [-0.15, -0.1) is 0 Å². The van der Waals surface area contributed by atoms with Crippen molar-refractivity contribution in [2.45, 2.75) is 6.92 Å². The van der Waals surface area contributed by atoms with E-state index >= 15 is 0 Å². The van der Waals surface area contributed by atoms with Crippen molar-refractivity contribution in [1.82, 2.24) is 0 Å². The van der Waals surface area contributed by atoms with E-state index in [0.717, 1.165) is 5.56 Å². The van der Waals surface area contributed by atoms with Gasteiger partial charge in [0.25, 0.3) is 11.8 Å². The predicted octanol–water partition coefficient (Wildman–Crippen LogP) is 4.38. The number of methoxy groups -OCH3 is 1. The van der Waals surface area contributed by atoms with Gasteiger partial charge in [0.15, 0.2) is 0 Å². The van der Waals surface area contributed by atoms with Gasteiger partial charge in [-0.2, -0.15) is 5.26 Å². The highest BCUT2D eigenvalue weighted by atomic mass is 16.5. The maximum atomic E-state index is 12.7. The molecule has 6 nitrogen and oxygen atoms in total. The third kappa shape index (κ3) is 4.79. The first-order valence-electron chi connectivity index (χ1n) is 8.87. The molecule has 2 amide bonds. The van der Waals surface area contributed by atoms with Gasteiger partial charge < -0.3 is 15.4 Å². The van der Waals surface area contributed by atoms with Crippen LogP contribution in [-0.2, 0) is 0 Å². The second-order valence-corrected chi connectivity index (χ2v) is 6.38. The van der Waals surface area contributed by atoms with Crippen molar-refractivity contribution in [3.05, 3.63) is 89.0 Å². The fourth-order valence-corrected chi connectivity index (χ4v) is 2.75. The Bertz CT molecular complexity index is 1100. The number of ether oxygens (including phenoxy) is 1. The van der Waals surface area contributed by atoms with Crippen LogP contribution in [0.1, 0.15) is 31.8 Å². The minimum atomic E-state index is -0.350. The Morgan fingerprint density at radius 1 is 0.897 bits per heavy atom. The first kappa shape index (κ1) is 19.6. The van der Waals surface area contributed by atoms with E-state index in [1.54, 1.807) is 48.5 Å². The molecule has 0 saturated carbocycles. The number of nitriles is 1. The van der Waals surface area contributed by atoms with Crippen molar-refractivity contribution >= 4 is 23.2 Å². The average Bonchev–Trinajstić information content (AvgIpc) is 2.74. The Morgan fingerprint density at radius 2 is 1.55 bits per heavy atom. The number of benzene rings is 3. The van der Waals surface area contributed by atoms with Crippen LogP contribution < -0.4 is 15.4 Å². The van der Waals surface area contributed by atoms with E-state index in [0.29, 0.717) is 33.8 Å². The summed E-state index contributed by atoms with van der Waals surface area (Å²) in [5.74, 6) is -0.141. The zero-order valence-corrected chi connectivity index (χ0v) is 16.0. The van der Waals surface area contributed by atoms with E-state index in [1.165, 1.54) is 13.2 Å². The summed E-state index contributed by atoms with van der Waals surface area (Å²) in [6.45, 7) is 1.92. The number of hydrogen-bond donors (Lipinski definition) is 2. The van der Waals surface area contributed by atoms with Crippen molar-refractivity contribution in [3.63, 3.8) is 0 Å². The van der Waals surface area contributed by atoms with Crippen LogP contribution in [0.5, 0.6) is 5.75 Å². The maximum Gasteiger partial charge on any atom is 0.255 e. The summed E-state index contributed by atoms with van der Waals surface area (Å²) < 4.78 is 5.28. The Labute approximate surface area is 168 Å². The molecule has 0 aliphatic rings. The SMILES string of the molecule is COc1ccc(C)cc1NC(=O)c1cccc(C(=O)Nc2ccc(C#N)cc2)c1. The molecule has 0 saturated heterocycles. The van der Waals surface area contributed by atoms with Gasteiger partial charge in [-0.25, -0.2) is 0 Å². The van der Waals surface area contributed by atoms with Gasteiger partial charge in [-0.1, -0.05) is 12.1 Å². The Kier molecular flexibility index (Phi) is 5.91. The average molecular weight is 385 g/mol. The standard InChI is InChI=1S/C23H19N3O3/c1-15-6-11-21(29-2)20(12-15)26-23(28)18-5-3-4-17(13-18)22(27)25-19-9-7-16(14-24)8-10-19/h3-13H,1-2H3,(H,25,27)(H,26,28). The van der Waals surface area contributed by atoms with E-state index in [9.17, 15) is 9.59 Å². The lowest BCUT2D eigenvalue weighted by molar-refractivity contribution is 0.102. The molecule has 0 heterocycles. The Morgan fingerprint density at radius 3 is 2.17 bits per heavy atom. The second kappa shape index (κ2) is 8.72. The predicted molar refractivity (Wildman–Crippen MR) is 111 cm³/mol. The molecule has 3 aromatic carbocycles. The summed E-state index contributed by atoms with van der Waals surface area (Å²) in [5, 5.41) is 14.4. The van der Waals surface area contributed by atoms with E-state index in [4.69, 9.17) is 10.00 Å². The minimum absolute atomic E-state index is 0.345. The molecule has 0 atom stereocenters. The third-order valence-corrected chi connectivity index (χ3v) is 4.26. The molecule has 6 heteroatoms. The first-order valence-corrected chi connectivity index (χ1v) is 8.87. The number of amides is 2. The van der Waals surface area contributed by atoms with Gasteiger partial charge in [0.1, 0.15) is 5.75 Å². The lowest BCUT2D eigenvalue weighted by Crippen LogP contribution is -2.16. The number of carbonyl (C=O) groups excluding carboxylic acids is 2. The molecule has 0 bridgehead atoms. The Hall–Kier alpha value is -4.11. The number of anilines is 2. The van der Waals surface area contributed by atoms with E-state index in [-0.39, 0.29) is 11.8 Å². The second-order valence-electron chi connectivity index (χ2n) is 6.38. The minimum Gasteiger partial charge on any atom is -0.495 e. The van der Waals surface area contributed by atoms with Crippen molar-refractivity contribution in [3.8, 4) is 11.8 Å². The van der Waals surface area contributed by atoms with Crippen molar-refractivity contribution < 1.29 is 14.3 Å². The molecule has 0 fully saturated rings. The van der Waals surface area contributed by atoms with E-state index in [2.05, 4.69) is 10.6 Å². The van der Waals surface area contributed by atoms with Crippen molar-refractivity contribution in [2.75, 3.05) is 17.7 Å². The largest absolute Gasteiger partial charge is 0.495 e. The molecular formula is C23H19N3O3. The van der Waals surface area contributed by atoms with Crippen LogP contribution >= 0.6 is 0 Å². The zero-order valence-electron chi connectivity index (χ0n) is 16.0. The smallest absolute Gasteiger partial charge is 0.255 e. The van der Waals surface area contributed by atoms with Gasteiger partial charge in [0.2, 0.25) is 0 Å². The number of rotatable bonds is 5. The topological polar surface area (TPSA) is 91.2 Å². The molecule has 0 spiro atoms. The van der Waals surface area contributed by atoms with E-state index < -0.39 is 0 Å². The highest BCUT2D eigenvalue weighted by molar-refractivity contribution is 6.09. The lowest BCUT2D eigenvalue weighted by atomic mass is 10.1. The highest BCUT2D eigenvalue weighted by Crippen LogP contribution is 2.26. The molecule has 0 aliphatic carbocycles. The number of nitrogens with one attached hydrogen (secondary N) is 2. The van der Waals surface area contributed by atoms with Crippen molar-refractivity contribution in [1.29, 1.82) is 5.26 Å². The maximum absolute atomic E-state index is 12.7. The summed E-state index contributed by atoms with van der Waals surface area (Å²) >= 11 is 0. The molecule has 0 unspecified atom stereocenters. The monoisotopic (exact) mass is 385 g/mol. The van der Waals surface area contributed by atoms with Crippen molar-refractivity contribution in [2.24, 2.45) is 0 Å². The Balaban J connectivity index is 1.76. The van der Waals surface area contributed by atoms with Gasteiger partial charge >= 0.3 is 0 Å². The molecule has 0 aromatic heterocycles. The molecule has 3 rings (SSSR count). The number of hydrogen-bond acceptors (Lipinski definition) is 4. The molecule has 144 valence electrons. The normalized spacial score (nSPS) is 9.97. The van der Waals surface area contributed by atoms with Crippen LogP contribution in [0.4, 0.5) is 11.4 Å². The number of carbonyl (C=O) groups is 2.